The molecule has 0 spiro atoms. The summed E-state index contributed by atoms with van der Waals surface area (Å²) < 4.78 is 75.6. The van der Waals surface area contributed by atoms with Gasteiger partial charge in [0.2, 0.25) is 0 Å². The summed E-state index contributed by atoms with van der Waals surface area (Å²) in [6.07, 6.45) is 0. The van der Waals surface area contributed by atoms with Gasteiger partial charge in [0.15, 0.2) is 0 Å². The van der Waals surface area contributed by atoms with E-state index >= 15 is 0 Å². The number of hydrogen-bond acceptors (Lipinski definition) is 1. The molecule has 0 atom stereocenters. The lowest BCUT2D eigenvalue weighted by Gasteiger charge is -2.28. The zero-order valence-corrected chi connectivity index (χ0v) is 25.4. The van der Waals surface area contributed by atoms with Crippen LogP contribution in [0.1, 0.15) is 11.0 Å². The highest BCUT2D eigenvalue weighted by Crippen LogP contribution is 2.43. The van der Waals surface area contributed by atoms with Crippen LogP contribution in [0.25, 0.3) is 55.3 Å². The van der Waals surface area contributed by atoms with Gasteiger partial charge in [0, 0.05) is 16.9 Å². The van der Waals surface area contributed by atoms with Crippen molar-refractivity contribution in [3.63, 3.8) is 0 Å². The molecule has 0 fully saturated rings. The van der Waals surface area contributed by atoms with Crippen molar-refractivity contribution in [2.24, 2.45) is 0 Å². The summed E-state index contributed by atoms with van der Waals surface area (Å²) in [5.74, 6) is 0. The van der Waals surface area contributed by atoms with Crippen LogP contribution in [0.5, 0.6) is 0 Å². The van der Waals surface area contributed by atoms with Gasteiger partial charge in [0.1, 0.15) is 0 Å². The van der Waals surface area contributed by atoms with Crippen LogP contribution in [0, 0.1) is 0 Å². The fourth-order valence-corrected chi connectivity index (χ4v) is 6.00. The molecule has 0 saturated heterocycles. The van der Waals surface area contributed by atoms with E-state index < -0.39 is 12.1 Å². The van der Waals surface area contributed by atoms with E-state index in [0.29, 0.717) is 22.4 Å². The molecule has 8 aromatic carbocycles. The standard InChI is InChI=1S/C46H33N/c1-4-14-34(15-5-1)35-24-29-40(30-25-35)47(45-23-13-12-21-42(45)36-16-6-2-7-17-36)41-31-26-38(27-32-41)44-33-28-37-18-10-11-22-43(37)46(44)39-19-8-3-9-20-39/h1-33H/i24D,25D,26D,27D,29D,30D,31D,32D. The van der Waals surface area contributed by atoms with E-state index in [-0.39, 0.29) is 58.8 Å². The minimum absolute atomic E-state index is 0.110. The van der Waals surface area contributed by atoms with Crippen molar-refractivity contribution in [3.05, 3.63) is 200 Å². The van der Waals surface area contributed by atoms with Gasteiger partial charge >= 0.3 is 0 Å². The lowest BCUT2D eigenvalue weighted by atomic mass is 9.89. The van der Waals surface area contributed by atoms with E-state index in [1.807, 2.05) is 115 Å². The van der Waals surface area contributed by atoms with Crippen molar-refractivity contribution >= 4 is 27.8 Å². The normalized spacial score (nSPS) is 13.4. The molecule has 0 aliphatic carbocycles. The van der Waals surface area contributed by atoms with Gasteiger partial charge < -0.3 is 4.90 Å². The average molecular weight is 608 g/mol. The maximum absolute atomic E-state index is 9.64. The molecule has 0 radical (unpaired) electrons. The Hall–Kier alpha value is -6.18. The first-order chi connectivity index (χ1) is 26.7. The first kappa shape index (κ1) is 20.8. The van der Waals surface area contributed by atoms with Gasteiger partial charge in [-0.15, -0.1) is 0 Å². The summed E-state index contributed by atoms with van der Waals surface area (Å²) in [4.78, 5) is 1.38. The first-order valence-corrected chi connectivity index (χ1v) is 15.5. The highest BCUT2D eigenvalue weighted by Gasteiger charge is 2.18. The molecule has 0 aliphatic rings. The Bertz CT molecular complexity index is 2680. The Morgan fingerprint density at radius 2 is 0.851 bits per heavy atom. The predicted octanol–water partition coefficient (Wildman–Crippen LogP) is 13.0. The molecule has 0 N–H and O–H groups in total. The molecule has 0 aliphatic heterocycles. The van der Waals surface area contributed by atoms with Gasteiger partial charge in [-0.1, -0.05) is 170 Å². The predicted molar refractivity (Wildman–Crippen MR) is 200 cm³/mol. The molecule has 0 amide bonds. The van der Waals surface area contributed by atoms with Crippen molar-refractivity contribution < 1.29 is 11.0 Å². The number of nitrogens with zero attached hydrogens (tertiary/aromatic N) is 1. The Morgan fingerprint density at radius 1 is 0.340 bits per heavy atom. The summed E-state index contributed by atoms with van der Waals surface area (Å²) in [6.45, 7) is 0. The van der Waals surface area contributed by atoms with E-state index in [4.69, 9.17) is 0 Å². The Balaban J connectivity index is 1.45. The smallest absolute Gasteiger partial charge is 0.0645 e. The number of rotatable bonds is 7. The lowest BCUT2D eigenvalue weighted by molar-refractivity contribution is 1.28. The van der Waals surface area contributed by atoms with Crippen LogP contribution in [-0.2, 0) is 0 Å². The van der Waals surface area contributed by atoms with Gasteiger partial charge in [0.05, 0.1) is 16.7 Å². The molecular weight excluding hydrogens is 567 g/mol. The van der Waals surface area contributed by atoms with Crippen LogP contribution in [0.15, 0.2) is 200 Å². The fraction of sp³-hybridized carbons (Fsp3) is 0. The molecule has 0 aromatic heterocycles. The number of para-hydroxylation sites is 1. The summed E-state index contributed by atoms with van der Waals surface area (Å²) in [5, 5.41) is 1.86. The topological polar surface area (TPSA) is 3.24 Å². The lowest BCUT2D eigenvalue weighted by Crippen LogP contribution is -2.11. The second-order valence-electron chi connectivity index (χ2n) is 11.1. The summed E-state index contributed by atoms with van der Waals surface area (Å²) in [5.41, 5.74) is 4.29. The highest BCUT2D eigenvalue weighted by molar-refractivity contribution is 6.04. The van der Waals surface area contributed by atoms with Gasteiger partial charge in [-0.05, 0) is 80.0 Å². The monoisotopic (exact) mass is 607 g/mol. The fourth-order valence-electron chi connectivity index (χ4n) is 6.00. The van der Waals surface area contributed by atoms with Crippen LogP contribution in [0.2, 0.25) is 0 Å². The van der Waals surface area contributed by atoms with Gasteiger partial charge in [-0.25, -0.2) is 0 Å². The second kappa shape index (κ2) is 12.7. The highest BCUT2D eigenvalue weighted by atomic mass is 15.1. The third-order valence-corrected chi connectivity index (χ3v) is 8.22. The van der Waals surface area contributed by atoms with Crippen LogP contribution in [0.3, 0.4) is 0 Å². The molecule has 47 heavy (non-hydrogen) atoms. The average Bonchev–Trinajstić information content (AvgIpc) is 3.23. The van der Waals surface area contributed by atoms with Crippen molar-refractivity contribution in [1.29, 1.82) is 0 Å². The van der Waals surface area contributed by atoms with Crippen molar-refractivity contribution in [3.8, 4) is 44.5 Å². The SMILES string of the molecule is [2H]c1c([2H])c(N(c2ccccc2-c2ccccc2)c2c([2H])c([2H])c(-c3ccc4ccccc4c3-c3ccccc3)c([2H])c2[2H])c([2H])c([2H])c1-c1ccccc1. The third-order valence-electron chi connectivity index (χ3n) is 8.22. The van der Waals surface area contributed by atoms with E-state index in [1.165, 1.54) is 4.90 Å². The number of hydrogen-bond donors (Lipinski definition) is 0. The quantitative estimate of drug-likeness (QED) is 0.174. The summed E-state index contributed by atoms with van der Waals surface area (Å²) >= 11 is 0. The summed E-state index contributed by atoms with van der Waals surface area (Å²) in [6, 6.07) is 43.9. The molecule has 8 rings (SSSR count). The number of fused-ring (bicyclic) bond motifs is 1. The van der Waals surface area contributed by atoms with Crippen LogP contribution in [0.4, 0.5) is 17.1 Å². The van der Waals surface area contributed by atoms with Crippen LogP contribution < -0.4 is 4.90 Å². The van der Waals surface area contributed by atoms with E-state index in [2.05, 4.69) is 0 Å². The molecule has 0 unspecified atom stereocenters. The third kappa shape index (κ3) is 5.60. The number of benzene rings is 8. The second-order valence-corrected chi connectivity index (χ2v) is 11.1. The molecule has 0 bridgehead atoms. The minimum atomic E-state index is -0.393. The van der Waals surface area contributed by atoms with Crippen LogP contribution in [-0.4, -0.2) is 0 Å². The Kier molecular flexibility index (Phi) is 5.60. The van der Waals surface area contributed by atoms with E-state index in [0.717, 1.165) is 27.5 Å². The largest absolute Gasteiger partial charge is 0.310 e. The van der Waals surface area contributed by atoms with E-state index in [9.17, 15) is 11.0 Å². The van der Waals surface area contributed by atoms with Crippen molar-refractivity contribution in [2.45, 2.75) is 0 Å². The maximum atomic E-state index is 9.64. The van der Waals surface area contributed by atoms with Crippen molar-refractivity contribution in [2.75, 3.05) is 4.90 Å². The Morgan fingerprint density at radius 3 is 1.51 bits per heavy atom. The molecule has 0 saturated carbocycles. The molecule has 222 valence electrons. The van der Waals surface area contributed by atoms with Gasteiger partial charge in [0.25, 0.3) is 0 Å². The zero-order chi connectivity index (χ0) is 38.4. The molecule has 1 heteroatoms. The molecule has 1 nitrogen and oxygen atoms in total. The molecule has 0 heterocycles. The molecular formula is C46H33N. The number of anilines is 3. The van der Waals surface area contributed by atoms with Gasteiger partial charge in [-0.3, -0.25) is 0 Å². The van der Waals surface area contributed by atoms with Crippen molar-refractivity contribution in [1.82, 2.24) is 0 Å². The molecule has 8 aromatic rings. The zero-order valence-electron chi connectivity index (χ0n) is 33.4. The van der Waals surface area contributed by atoms with E-state index in [1.54, 1.807) is 36.4 Å². The van der Waals surface area contributed by atoms with Crippen LogP contribution >= 0.6 is 0 Å². The van der Waals surface area contributed by atoms with Gasteiger partial charge in [-0.2, -0.15) is 0 Å². The Labute approximate surface area is 287 Å². The first-order valence-electron chi connectivity index (χ1n) is 19.5. The summed E-state index contributed by atoms with van der Waals surface area (Å²) in [7, 11) is 0. The maximum Gasteiger partial charge on any atom is 0.0645 e. The minimum Gasteiger partial charge on any atom is -0.310 e.